The van der Waals surface area contributed by atoms with Gasteiger partial charge in [0.15, 0.2) is 5.82 Å². The molecule has 0 aliphatic heterocycles. The fourth-order valence-electron chi connectivity index (χ4n) is 9.48. The molecule has 4 aromatic heterocycles. The zero-order valence-electron chi connectivity index (χ0n) is 34.4. The van der Waals surface area contributed by atoms with Gasteiger partial charge in [0.1, 0.15) is 22.3 Å². The molecule has 13 aromatic rings. The molecule has 0 saturated heterocycles. The van der Waals surface area contributed by atoms with Crippen LogP contribution >= 0.6 is 0 Å². The number of furan rings is 2. The van der Waals surface area contributed by atoms with Gasteiger partial charge >= 0.3 is 0 Å². The second-order valence-corrected chi connectivity index (χ2v) is 16.3. The summed E-state index contributed by atoms with van der Waals surface area (Å²) in [5.74, 6) is 0.668. The zero-order valence-corrected chi connectivity index (χ0v) is 34.4. The highest BCUT2D eigenvalue weighted by Gasteiger charge is 2.22. The maximum absolute atomic E-state index is 6.64. The van der Waals surface area contributed by atoms with Crippen LogP contribution in [0.2, 0.25) is 0 Å². The van der Waals surface area contributed by atoms with Crippen LogP contribution in [-0.2, 0) is 0 Å². The summed E-state index contributed by atoms with van der Waals surface area (Å²) in [6, 6.07) is 73.7. The van der Waals surface area contributed by atoms with E-state index in [9.17, 15) is 0 Å². The fourth-order valence-corrected chi connectivity index (χ4v) is 9.48. The van der Waals surface area contributed by atoms with E-state index in [0.29, 0.717) is 5.82 Å². The van der Waals surface area contributed by atoms with Gasteiger partial charge in [-0.1, -0.05) is 182 Å². The molecule has 0 aliphatic carbocycles. The van der Waals surface area contributed by atoms with Crippen LogP contribution in [0.15, 0.2) is 221 Å². The van der Waals surface area contributed by atoms with Crippen molar-refractivity contribution in [2.75, 3.05) is 0 Å². The average Bonchev–Trinajstić information content (AvgIpc) is 3.94. The van der Waals surface area contributed by atoms with E-state index in [0.717, 1.165) is 127 Å². The van der Waals surface area contributed by atoms with E-state index >= 15 is 0 Å². The number of pyridine rings is 1. The molecule has 4 heterocycles. The highest BCUT2D eigenvalue weighted by Crippen LogP contribution is 2.47. The lowest BCUT2D eigenvalue weighted by Crippen LogP contribution is -1.96. The third-order valence-electron chi connectivity index (χ3n) is 12.5. The van der Waals surface area contributed by atoms with Crippen molar-refractivity contribution in [2.24, 2.45) is 0 Å². The van der Waals surface area contributed by atoms with Crippen molar-refractivity contribution >= 4 is 65.6 Å². The van der Waals surface area contributed by atoms with Gasteiger partial charge in [-0.3, -0.25) is 0 Å². The lowest BCUT2D eigenvalue weighted by Gasteiger charge is -2.16. The Morgan fingerprint density at radius 2 is 0.875 bits per heavy atom. The molecule has 0 N–H and O–H groups in total. The second-order valence-electron chi connectivity index (χ2n) is 16.3. The fraction of sp³-hybridized carbons (Fsp3) is 0. The summed E-state index contributed by atoms with van der Waals surface area (Å²) in [7, 11) is 0. The maximum Gasteiger partial charge on any atom is 0.160 e. The minimum Gasteiger partial charge on any atom is -0.456 e. The maximum atomic E-state index is 6.64. The van der Waals surface area contributed by atoms with E-state index in [1.54, 1.807) is 0 Å². The molecule has 5 nitrogen and oxygen atoms in total. The largest absolute Gasteiger partial charge is 0.456 e. The Morgan fingerprint density at radius 3 is 1.59 bits per heavy atom. The molecule has 0 spiro atoms. The predicted molar refractivity (Wildman–Crippen MR) is 262 cm³/mol. The normalized spacial score (nSPS) is 11.8. The minimum atomic E-state index is 0.668. The van der Waals surface area contributed by atoms with Crippen molar-refractivity contribution in [3.05, 3.63) is 212 Å². The smallest absolute Gasteiger partial charge is 0.160 e. The summed E-state index contributed by atoms with van der Waals surface area (Å²) in [6.45, 7) is 0. The third-order valence-corrected chi connectivity index (χ3v) is 12.5. The molecule has 64 heavy (non-hydrogen) atoms. The Kier molecular flexibility index (Phi) is 8.15. The van der Waals surface area contributed by atoms with Crippen LogP contribution in [-0.4, -0.2) is 15.0 Å². The summed E-state index contributed by atoms with van der Waals surface area (Å²) in [5.41, 5.74) is 15.3. The highest BCUT2D eigenvalue weighted by molar-refractivity contribution is 6.27. The van der Waals surface area contributed by atoms with Gasteiger partial charge in [0.05, 0.1) is 22.6 Å². The summed E-state index contributed by atoms with van der Waals surface area (Å²) in [4.78, 5) is 15.6. The number of benzene rings is 9. The lowest BCUT2D eigenvalue weighted by molar-refractivity contribution is 0.669. The Balaban J connectivity index is 0.967. The standard InChI is InChI=1S/C59H35N3O2/c1-3-14-40(15-4-1)57-47-34-53-56(46-20-9-12-25-52(46)63-53)54(55(47)45-19-7-10-23-48(45)60-57)39-32-30-38(31-33-39)50-35-49(61-59(62-50)41-16-5-2-6-17-41)37-28-26-36(27-29-37)42-21-13-22-44-43-18-8-11-24-51(43)64-58(42)44/h1-35H. The van der Waals surface area contributed by atoms with E-state index < -0.39 is 0 Å². The van der Waals surface area contributed by atoms with Crippen LogP contribution in [0.3, 0.4) is 0 Å². The van der Waals surface area contributed by atoms with Crippen molar-refractivity contribution < 1.29 is 8.83 Å². The van der Waals surface area contributed by atoms with Gasteiger partial charge in [-0.15, -0.1) is 0 Å². The van der Waals surface area contributed by atoms with Crippen molar-refractivity contribution in [1.29, 1.82) is 0 Å². The molecule has 5 heteroatoms. The first kappa shape index (κ1) is 36.0. The first-order valence-electron chi connectivity index (χ1n) is 21.5. The molecule has 0 radical (unpaired) electrons. The number of fused-ring (bicyclic) bond motifs is 9. The van der Waals surface area contributed by atoms with E-state index in [-0.39, 0.29) is 0 Å². The molecular formula is C59H35N3O2. The summed E-state index contributed by atoms with van der Waals surface area (Å²) >= 11 is 0. The van der Waals surface area contributed by atoms with Gasteiger partial charge in [-0.25, -0.2) is 15.0 Å². The third kappa shape index (κ3) is 5.83. The number of hydrogen-bond acceptors (Lipinski definition) is 5. The molecule has 0 atom stereocenters. The molecule has 0 saturated carbocycles. The molecule has 0 fully saturated rings. The molecule has 0 bridgehead atoms. The van der Waals surface area contributed by atoms with E-state index in [4.69, 9.17) is 23.8 Å². The monoisotopic (exact) mass is 817 g/mol. The second kappa shape index (κ2) is 14.5. The lowest BCUT2D eigenvalue weighted by atomic mass is 9.89. The van der Waals surface area contributed by atoms with Crippen LogP contribution in [0.4, 0.5) is 0 Å². The number of hydrogen-bond donors (Lipinski definition) is 0. The zero-order chi connectivity index (χ0) is 42.1. The number of para-hydroxylation sites is 4. The van der Waals surface area contributed by atoms with Gasteiger partial charge in [-0.05, 0) is 41.5 Å². The number of aromatic nitrogens is 3. The molecule has 9 aromatic carbocycles. The van der Waals surface area contributed by atoms with E-state index in [2.05, 4.69) is 164 Å². The number of nitrogens with zero attached hydrogens (tertiary/aromatic N) is 3. The summed E-state index contributed by atoms with van der Waals surface area (Å²) < 4.78 is 13.0. The predicted octanol–water partition coefficient (Wildman–Crippen LogP) is 16.0. The average molecular weight is 818 g/mol. The summed E-state index contributed by atoms with van der Waals surface area (Å²) in [6.07, 6.45) is 0. The van der Waals surface area contributed by atoms with Crippen LogP contribution < -0.4 is 0 Å². The van der Waals surface area contributed by atoms with Crippen molar-refractivity contribution in [1.82, 2.24) is 15.0 Å². The van der Waals surface area contributed by atoms with Gasteiger partial charge in [-0.2, -0.15) is 0 Å². The minimum absolute atomic E-state index is 0.668. The first-order valence-corrected chi connectivity index (χ1v) is 21.5. The van der Waals surface area contributed by atoms with Crippen molar-refractivity contribution in [3.63, 3.8) is 0 Å². The molecule has 0 amide bonds. The number of rotatable bonds is 6. The molecule has 0 unspecified atom stereocenters. The van der Waals surface area contributed by atoms with E-state index in [1.165, 1.54) is 0 Å². The molecule has 13 rings (SSSR count). The SMILES string of the molecule is c1ccc(-c2nc(-c3ccc(-c4cccc5c4oc4ccccc45)cc3)cc(-c3ccc(-c4c5c(cc6c(-c7ccccc7)nc7ccccc7c46)oc4ccccc45)cc3)n2)cc1. The van der Waals surface area contributed by atoms with Crippen molar-refractivity contribution in [3.8, 4) is 67.4 Å². The van der Waals surface area contributed by atoms with Gasteiger partial charge in [0.2, 0.25) is 0 Å². The van der Waals surface area contributed by atoms with Crippen LogP contribution in [0.1, 0.15) is 0 Å². The Labute approximate surface area is 367 Å². The van der Waals surface area contributed by atoms with Crippen molar-refractivity contribution in [2.45, 2.75) is 0 Å². The Morgan fingerprint density at radius 1 is 0.312 bits per heavy atom. The van der Waals surface area contributed by atoms with Gasteiger partial charge in [0.25, 0.3) is 0 Å². The molecule has 298 valence electrons. The van der Waals surface area contributed by atoms with Crippen LogP contribution in [0, 0.1) is 0 Å². The molecular weight excluding hydrogens is 783 g/mol. The quantitative estimate of drug-likeness (QED) is 0.156. The topological polar surface area (TPSA) is 65.0 Å². The molecule has 0 aliphatic rings. The highest BCUT2D eigenvalue weighted by atomic mass is 16.3. The Hall–Kier alpha value is -8.67. The van der Waals surface area contributed by atoms with Gasteiger partial charge < -0.3 is 8.83 Å². The Bertz CT molecular complexity index is 3930. The summed E-state index contributed by atoms with van der Waals surface area (Å²) in [5, 5.41) is 7.68. The first-order chi connectivity index (χ1) is 31.7. The van der Waals surface area contributed by atoms with Gasteiger partial charge in [0, 0.05) is 71.1 Å². The van der Waals surface area contributed by atoms with Crippen LogP contribution in [0.25, 0.3) is 133 Å². The van der Waals surface area contributed by atoms with Crippen LogP contribution in [0.5, 0.6) is 0 Å². The van der Waals surface area contributed by atoms with E-state index in [1.807, 2.05) is 48.5 Å².